The van der Waals surface area contributed by atoms with E-state index in [0.29, 0.717) is 23.6 Å². The number of hydrogen-bond donors (Lipinski definition) is 1. The fourth-order valence-electron chi connectivity index (χ4n) is 2.92. The second-order valence-corrected chi connectivity index (χ2v) is 6.33. The molecule has 1 atom stereocenters. The lowest BCUT2D eigenvalue weighted by atomic mass is 10.0. The molecule has 2 rings (SSSR count). The third-order valence-corrected chi connectivity index (χ3v) is 4.50. The SMILES string of the molecule is CCc1ccc([C@@H](CNC(=O)c2cccc(OC)c2OC)N(C)C)cc1. The van der Waals surface area contributed by atoms with Gasteiger partial charge in [0.2, 0.25) is 0 Å². The van der Waals surface area contributed by atoms with Crippen LogP contribution >= 0.6 is 0 Å². The first-order chi connectivity index (χ1) is 12.5. The van der Waals surface area contributed by atoms with Crippen molar-refractivity contribution in [2.45, 2.75) is 19.4 Å². The summed E-state index contributed by atoms with van der Waals surface area (Å²) in [6.07, 6.45) is 1.01. The standard InChI is InChI=1S/C21H28N2O3/c1-6-15-10-12-16(13-11-15)18(23(2)3)14-22-21(24)17-8-7-9-19(25-4)20(17)26-5/h7-13,18H,6,14H2,1-5H3,(H,22,24)/t18-/m1/s1. The van der Waals surface area contributed by atoms with Crippen molar-refractivity contribution >= 4 is 5.91 Å². The monoisotopic (exact) mass is 356 g/mol. The quantitative estimate of drug-likeness (QED) is 0.788. The van der Waals surface area contributed by atoms with Gasteiger partial charge in [0.15, 0.2) is 11.5 Å². The summed E-state index contributed by atoms with van der Waals surface area (Å²) in [6, 6.07) is 13.9. The Balaban J connectivity index is 2.15. The van der Waals surface area contributed by atoms with Crippen molar-refractivity contribution in [3.8, 4) is 11.5 Å². The third-order valence-electron chi connectivity index (χ3n) is 4.50. The summed E-state index contributed by atoms with van der Waals surface area (Å²) in [4.78, 5) is 14.8. The maximum absolute atomic E-state index is 12.7. The zero-order valence-corrected chi connectivity index (χ0v) is 16.2. The fraction of sp³-hybridized carbons (Fsp3) is 0.381. The van der Waals surface area contributed by atoms with Gasteiger partial charge in [0, 0.05) is 6.54 Å². The number of methoxy groups -OCH3 is 2. The van der Waals surface area contributed by atoms with Crippen molar-refractivity contribution in [3.05, 3.63) is 59.2 Å². The number of hydrogen-bond acceptors (Lipinski definition) is 4. The van der Waals surface area contributed by atoms with Gasteiger partial charge in [-0.3, -0.25) is 4.79 Å². The van der Waals surface area contributed by atoms with E-state index in [4.69, 9.17) is 9.47 Å². The van der Waals surface area contributed by atoms with Crippen molar-refractivity contribution in [2.24, 2.45) is 0 Å². The molecular formula is C21H28N2O3. The van der Waals surface area contributed by atoms with Gasteiger partial charge in [0.1, 0.15) is 0 Å². The number of likely N-dealkylation sites (N-methyl/N-ethyl adjacent to an activating group) is 1. The Morgan fingerprint density at radius 3 is 2.31 bits per heavy atom. The van der Waals surface area contributed by atoms with Crippen LogP contribution in [-0.2, 0) is 6.42 Å². The Labute approximate surface area is 155 Å². The molecule has 0 aliphatic rings. The van der Waals surface area contributed by atoms with Gasteiger partial charge in [-0.05, 0) is 43.8 Å². The second kappa shape index (κ2) is 9.25. The molecule has 26 heavy (non-hydrogen) atoms. The summed E-state index contributed by atoms with van der Waals surface area (Å²) in [7, 11) is 7.11. The molecule has 2 aromatic rings. The molecule has 0 heterocycles. The molecule has 5 nitrogen and oxygen atoms in total. The number of para-hydroxylation sites is 1. The van der Waals surface area contributed by atoms with E-state index in [-0.39, 0.29) is 11.9 Å². The number of nitrogens with one attached hydrogen (secondary N) is 1. The second-order valence-electron chi connectivity index (χ2n) is 6.33. The number of rotatable bonds is 8. The molecule has 0 radical (unpaired) electrons. The Morgan fingerprint density at radius 1 is 1.08 bits per heavy atom. The van der Waals surface area contributed by atoms with Gasteiger partial charge in [0.05, 0.1) is 25.8 Å². The number of carbonyl (C=O) groups is 1. The normalized spacial score (nSPS) is 11.9. The molecule has 0 aliphatic carbocycles. The van der Waals surface area contributed by atoms with Crippen molar-refractivity contribution in [2.75, 3.05) is 34.9 Å². The molecule has 140 valence electrons. The number of carbonyl (C=O) groups excluding carboxylic acids is 1. The van der Waals surface area contributed by atoms with Crippen molar-refractivity contribution in [3.63, 3.8) is 0 Å². The summed E-state index contributed by atoms with van der Waals surface area (Å²) in [5.74, 6) is 0.804. The minimum atomic E-state index is -0.183. The lowest BCUT2D eigenvalue weighted by Crippen LogP contribution is -2.34. The van der Waals surface area contributed by atoms with Crippen LogP contribution in [0.25, 0.3) is 0 Å². The van der Waals surface area contributed by atoms with Crippen LogP contribution in [0.2, 0.25) is 0 Å². The van der Waals surface area contributed by atoms with Crippen LogP contribution in [0.3, 0.4) is 0 Å². The van der Waals surface area contributed by atoms with Gasteiger partial charge >= 0.3 is 0 Å². The van der Waals surface area contributed by atoms with Gasteiger partial charge < -0.3 is 19.7 Å². The van der Waals surface area contributed by atoms with E-state index in [1.165, 1.54) is 18.2 Å². The zero-order chi connectivity index (χ0) is 19.1. The predicted molar refractivity (Wildman–Crippen MR) is 104 cm³/mol. The highest BCUT2D eigenvalue weighted by molar-refractivity contribution is 5.97. The zero-order valence-electron chi connectivity index (χ0n) is 16.2. The van der Waals surface area contributed by atoms with Crippen LogP contribution in [0.4, 0.5) is 0 Å². The largest absolute Gasteiger partial charge is 0.493 e. The van der Waals surface area contributed by atoms with Crippen LogP contribution < -0.4 is 14.8 Å². The van der Waals surface area contributed by atoms with E-state index >= 15 is 0 Å². The van der Waals surface area contributed by atoms with Gasteiger partial charge in [0.25, 0.3) is 5.91 Å². The highest BCUT2D eigenvalue weighted by Gasteiger charge is 2.19. The first kappa shape index (κ1) is 19.8. The average molecular weight is 356 g/mol. The first-order valence-electron chi connectivity index (χ1n) is 8.76. The van der Waals surface area contributed by atoms with Crippen molar-refractivity contribution in [1.82, 2.24) is 10.2 Å². The highest BCUT2D eigenvalue weighted by atomic mass is 16.5. The summed E-state index contributed by atoms with van der Waals surface area (Å²) >= 11 is 0. The Kier molecular flexibility index (Phi) is 7.04. The fourth-order valence-corrected chi connectivity index (χ4v) is 2.92. The molecule has 0 saturated carbocycles. The van der Waals surface area contributed by atoms with Gasteiger partial charge in [-0.15, -0.1) is 0 Å². The molecule has 0 aromatic heterocycles. The smallest absolute Gasteiger partial charge is 0.255 e. The van der Waals surface area contributed by atoms with Crippen molar-refractivity contribution < 1.29 is 14.3 Å². The minimum absolute atomic E-state index is 0.0847. The van der Waals surface area contributed by atoms with Gasteiger partial charge in [-0.2, -0.15) is 0 Å². The van der Waals surface area contributed by atoms with Crippen LogP contribution in [-0.4, -0.2) is 45.7 Å². The molecule has 1 N–H and O–H groups in total. The highest BCUT2D eigenvalue weighted by Crippen LogP contribution is 2.30. The summed E-state index contributed by atoms with van der Waals surface area (Å²) in [5, 5.41) is 3.02. The molecule has 2 aromatic carbocycles. The molecule has 0 saturated heterocycles. The number of nitrogens with zero attached hydrogens (tertiary/aromatic N) is 1. The number of ether oxygens (including phenoxy) is 2. The molecule has 0 spiro atoms. The van der Waals surface area contributed by atoms with E-state index in [0.717, 1.165) is 6.42 Å². The van der Waals surface area contributed by atoms with Crippen LogP contribution in [0.15, 0.2) is 42.5 Å². The molecule has 0 fully saturated rings. The maximum Gasteiger partial charge on any atom is 0.255 e. The molecule has 5 heteroatoms. The van der Waals surface area contributed by atoms with E-state index in [1.54, 1.807) is 25.3 Å². The van der Waals surface area contributed by atoms with Crippen molar-refractivity contribution in [1.29, 1.82) is 0 Å². The van der Waals surface area contributed by atoms with E-state index in [1.807, 2.05) is 14.1 Å². The topological polar surface area (TPSA) is 50.8 Å². The Morgan fingerprint density at radius 2 is 1.77 bits per heavy atom. The molecule has 0 aliphatic heterocycles. The third kappa shape index (κ3) is 4.55. The summed E-state index contributed by atoms with van der Waals surface area (Å²) in [6.45, 7) is 2.64. The average Bonchev–Trinajstić information content (AvgIpc) is 2.67. The maximum atomic E-state index is 12.7. The number of amides is 1. The van der Waals surface area contributed by atoms with Crippen LogP contribution in [0.5, 0.6) is 11.5 Å². The van der Waals surface area contributed by atoms with E-state index in [9.17, 15) is 4.79 Å². The molecule has 0 unspecified atom stereocenters. The predicted octanol–water partition coefficient (Wildman–Crippen LogP) is 3.30. The van der Waals surface area contributed by atoms with Gasteiger partial charge in [-0.1, -0.05) is 37.3 Å². The van der Waals surface area contributed by atoms with E-state index < -0.39 is 0 Å². The summed E-state index contributed by atoms with van der Waals surface area (Å²) in [5.41, 5.74) is 2.94. The first-order valence-corrected chi connectivity index (χ1v) is 8.76. The Bertz CT molecular complexity index is 727. The molecule has 1 amide bonds. The lowest BCUT2D eigenvalue weighted by Gasteiger charge is -2.25. The van der Waals surface area contributed by atoms with Gasteiger partial charge in [-0.25, -0.2) is 0 Å². The number of benzene rings is 2. The molecular weight excluding hydrogens is 328 g/mol. The van der Waals surface area contributed by atoms with Crippen LogP contribution in [0, 0.1) is 0 Å². The Hall–Kier alpha value is -2.53. The summed E-state index contributed by atoms with van der Waals surface area (Å²) < 4.78 is 10.6. The van der Waals surface area contributed by atoms with E-state index in [2.05, 4.69) is 41.4 Å². The van der Waals surface area contributed by atoms with Crippen LogP contribution in [0.1, 0.15) is 34.5 Å². The number of aryl methyl sites for hydroxylation is 1. The minimum Gasteiger partial charge on any atom is -0.493 e. The molecule has 0 bridgehead atoms. The lowest BCUT2D eigenvalue weighted by molar-refractivity contribution is 0.0938.